The number of aryl methyl sites for hydroxylation is 2. The maximum Gasteiger partial charge on any atom is 0.335 e. The standard InChI is InChI=1S/C13H12N4O2/c1-6-11(7(2)15-14-6)12-9-4-3-8(13(18)19)5-10(9)16-17-12/h3-5H,1-2H3,(H,14,15)(H,16,17)(H,18,19). The fraction of sp³-hybridized carbons (Fsp3) is 0.154. The number of benzene rings is 1. The van der Waals surface area contributed by atoms with E-state index in [1.807, 2.05) is 13.8 Å². The van der Waals surface area contributed by atoms with Crippen LogP contribution in [0.5, 0.6) is 0 Å². The molecule has 0 radical (unpaired) electrons. The van der Waals surface area contributed by atoms with Gasteiger partial charge in [0.25, 0.3) is 0 Å². The number of aromatic carboxylic acids is 1. The zero-order chi connectivity index (χ0) is 13.6. The van der Waals surface area contributed by atoms with E-state index in [2.05, 4.69) is 20.4 Å². The Bertz CT molecular complexity index is 766. The molecule has 0 spiro atoms. The lowest BCUT2D eigenvalue weighted by molar-refractivity contribution is 0.0697. The van der Waals surface area contributed by atoms with Gasteiger partial charge < -0.3 is 5.11 Å². The van der Waals surface area contributed by atoms with Crippen LogP contribution in [0.4, 0.5) is 0 Å². The summed E-state index contributed by atoms with van der Waals surface area (Å²) >= 11 is 0. The van der Waals surface area contributed by atoms with Crippen LogP contribution in [-0.2, 0) is 0 Å². The van der Waals surface area contributed by atoms with Crippen LogP contribution in [0.15, 0.2) is 18.2 Å². The number of carboxylic acid groups (broad SMARTS) is 1. The van der Waals surface area contributed by atoms with E-state index < -0.39 is 5.97 Å². The van der Waals surface area contributed by atoms with Crippen molar-refractivity contribution in [3.05, 3.63) is 35.2 Å². The summed E-state index contributed by atoms with van der Waals surface area (Å²) in [6.07, 6.45) is 0. The largest absolute Gasteiger partial charge is 0.478 e. The molecule has 3 aromatic rings. The van der Waals surface area contributed by atoms with Gasteiger partial charge in [-0.05, 0) is 32.0 Å². The fourth-order valence-electron chi connectivity index (χ4n) is 2.24. The molecule has 19 heavy (non-hydrogen) atoms. The summed E-state index contributed by atoms with van der Waals surface area (Å²) in [5, 5.41) is 24.1. The lowest BCUT2D eigenvalue weighted by atomic mass is 10.0. The van der Waals surface area contributed by atoms with Gasteiger partial charge in [-0.2, -0.15) is 10.2 Å². The van der Waals surface area contributed by atoms with E-state index in [0.717, 1.165) is 28.0 Å². The summed E-state index contributed by atoms with van der Waals surface area (Å²) in [6.45, 7) is 3.84. The molecule has 3 N–H and O–H groups in total. The van der Waals surface area contributed by atoms with Gasteiger partial charge >= 0.3 is 5.97 Å². The highest BCUT2D eigenvalue weighted by Gasteiger charge is 2.16. The van der Waals surface area contributed by atoms with Crippen LogP contribution < -0.4 is 0 Å². The highest BCUT2D eigenvalue weighted by molar-refractivity contribution is 5.98. The Morgan fingerprint density at radius 1 is 1.21 bits per heavy atom. The molecule has 1 aromatic carbocycles. The number of hydrogen-bond donors (Lipinski definition) is 3. The third kappa shape index (κ3) is 1.69. The average molecular weight is 256 g/mol. The van der Waals surface area contributed by atoms with Crippen LogP contribution in [0.2, 0.25) is 0 Å². The summed E-state index contributed by atoms with van der Waals surface area (Å²) in [5.41, 5.74) is 4.49. The Kier molecular flexibility index (Phi) is 2.38. The van der Waals surface area contributed by atoms with Gasteiger partial charge in [-0.15, -0.1) is 0 Å². The number of aromatic nitrogens is 4. The second-order valence-electron chi connectivity index (χ2n) is 4.45. The van der Waals surface area contributed by atoms with Gasteiger partial charge in [0.15, 0.2) is 0 Å². The van der Waals surface area contributed by atoms with Crippen LogP contribution >= 0.6 is 0 Å². The van der Waals surface area contributed by atoms with Gasteiger partial charge in [0.05, 0.1) is 16.8 Å². The number of carboxylic acids is 1. The van der Waals surface area contributed by atoms with Crippen LogP contribution in [-0.4, -0.2) is 31.5 Å². The van der Waals surface area contributed by atoms with Crippen molar-refractivity contribution in [2.45, 2.75) is 13.8 Å². The Hall–Kier alpha value is -2.63. The lowest BCUT2D eigenvalue weighted by Crippen LogP contribution is -1.94. The molecule has 96 valence electrons. The number of nitrogens with one attached hydrogen (secondary N) is 2. The molecule has 2 heterocycles. The normalized spacial score (nSPS) is 11.1. The van der Waals surface area contributed by atoms with Crippen molar-refractivity contribution in [3.63, 3.8) is 0 Å². The predicted octanol–water partition coefficient (Wildman–Crippen LogP) is 2.27. The molecule has 0 amide bonds. The van der Waals surface area contributed by atoms with Gasteiger partial charge in [-0.3, -0.25) is 10.2 Å². The molecule has 0 unspecified atom stereocenters. The van der Waals surface area contributed by atoms with Gasteiger partial charge in [0.2, 0.25) is 0 Å². The van der Waals surface area contributed by atoms with Gasteiger partial charge in [-0.25, -0.2) is 4.79 Å². The summed E-state index contributed by atoms with van der Waals surface area (Å²) in [4.78, 5) is 10.9. The van der Waals surface area contributed by atoms with Gasteiger partial charge in [0, 0.05) is 16.6 Å². The number of fused-ring (bicyclic) bond motifs is 1. The van der Waals surface area contributed by atoms with Crippen molar-refractivity contribution in [2.24, 2.45) is 0 Å². The lowest BCUT2D eigenvalue weighted by Gasteiger charge is -1.98. The minimum Gasteiger partial charge on any atom is -0.478 e. The SMILES string of the molecule is Cc1n[nH]c(C)c1-c1n[nH]c2cc(C(=O)O)ccc12. The van der Waals surface area contributed by atoms with E-state index in [1.54, 1.807) is 18.2 Å². The zero-order valence-electron chi connectivity index (χ0n) is 10.5. The fourth-order valence-corrected chi connectivity index (χ4v) is 2.24. The second-order valence-corrected chi connectivity index (χ2v) is 4.45. The molecule has 0 atom stereocenters. The third-order valence-electron chi connectivity index (χ3n) is 3.17. The summed E-state index contributed by atoms with van der Waals surface area (Å²) in [5.74, 6) is -0.950. The molecule has 0 aliphatic heterocycles. The third-order valence-corrected chi connectivity index (χ3v) is 3.17. The summed E-state index contributed by atoms with van der Waals surface area (Å²) in [7, 11) is 0. The van der Waals surface area contributed by atoms with Crippen molar-refractivity contribution in [1.29, 1.82) is 0 Å². The Labute approximate surface area is 108 Å². The molecular formula is C13H12N4O2. The minimum atomic E-state index is -0.950. The number of carbonyl (C=O) groups is 1. The van der Waals surface area contributed by atoms with Crippen molar-refractivity contribution in [3.8, 4) is 11.3 Å². The Morgan fingerprint density at radius 2 is 2.00 bits per heavy atom. The molecule has 2 aromatic heterocycles. The van der Waals surface area contributed by atoms with E-state index in [0.29, 0.717) is 5.52 Å². The molecule has 0 saturated heterocycles. The molecule has 0 aliphatic carbocycles. The van der Waals surface area contributed by atoms with Crippen molar-refractivity contribution >= 4 is 16.9 Å². The van der Waals surface area contributed by atoms with E-state index >= 15 is 0 Å². The number of rotatable bonds is 2. The Morgan fingerprint density at radius 3 is 2.63 bits per heavy atom. The number of H-pyrrole nitrogens is 2. The first-order valence-corrected chi connectivity index (χ1v) is 5.81. The van der Waals surface area contributed by atoms with E-state index in [4.69, 9.17) is 5.11 Å². The summed E-state index contributed by atoms with van der Waals surface area (Å²) in [6, 6.07) is 4.93. The molecular weight excluding hydrogens is 244 g/mol. The smallest absolute Gasteiger partial charge is 0.335 e. The quantitative estimate of drug-likeness (QED) is 0.655. The average Bonchev–Trinajstić information content (AvgIpc) is 2.92. The molecule has 6 nitrogen and oxygen atoms in total. The monoisotopic (exact) mass is 256 g/mol. The topological polar surface area (TPSA) is 94.7 Å². The van der Waals surface area contributed by atoms with Crippen LogP contribution in [0.1, 0.15) is 21.7 Å². The molecule has 0 fully saturated rings. The van der Waals surface area contributed by atoms with E-state index in [-0.39, 0.29) is 5.56 Å². The number of nitrogens with zero attached hydrogens (tertiary/aromatic N) is 2. The molecule has 0 bridgehead atoms. The predicted molar refractivity (Wildman–Crippen MR) is 70.1 cm³/mol. The van der Waals surface area contributed by atoms with Gasteiger partial charge in [-0.1, -0.05) is 0 Å². The highest BCUT2D eigenvalue weighted by atomic mass is 16.4. The van der Waals surface area contributed by atoms with E-state index in [1.165, 1.54) is 0 Å². The molecule has 6 heteroatoms. The van der Waals surface area contributed by atoms with Crippen molar-refractivity contribution < 1.29 is 9.90 Å². The second kappa shape index (κ2) is 3.94. The molecule has 0 saturated carbocycles. The molecule has 3 rings (SSSR count). The zero-order valence-corrected chi connectivity index (χ0v) is 10.5. The van der Waals surface area contributed by atoms with Crippen LogP contribution in [0.25, 0.3) is 22.2 Å². The number of hydrogen-bond acceptors (Lipinski definition) is 3. The maximum atomic E-state index is 10.9. The van der Waals surface area contributed by atoms with Crippen LogP contribution in [0, 0.1) is 13.8 Å². The van der Waals surface area contributed by atoms with Gasteiger partial charge in [0.1, 0.15) is 5.69 Å². The number of aromatic amines is 2. The van der Waals surface area contributed by atoms with Crippen LogP contribution in [0.3, 0.4) is 0 Å². The highest BCUT2D eigenvalue weighted by Crippen LogP contribution is 2.30. The first kappa shape index (κ1) is 11.5. The van der Waals surface area contributed by atoms with E-state index in [9.17, 15) is 4.79 Å². The van der Waals surface area contributed by atoms with Crippen molar-refractivity contribution in [2.75, 3.05) is 0 Å². The molecule has 0 aliphatic rings. The van der Waals surface area contributed by atoms with Crippen molar-refractivity contribution in [1.82, 2.24) is 20.4 Å². The first-order valence-electron chi connectivity index (χ1n) is 5.81. The summed E-state index contributed by atoms with van der Waals surface area (Å²) < 4.78 is 0. The Balaban J connectivity index is 2.24. The minimum absolute atomic E-state index is 0.239. The first-order chi connectivity index (χ1) is 9.08. The maximum absolute atomic E-state index is 10.9.